The van der Waals surface area contributed by atoms with Crippen LogP contribution in [0, 0.1) is 5.92 Å². The number of hydrogen-bond donors (Lipinski definition) is 2. The second-order valence-electron chi connectivity index (χ2n) is 8.37. The first-order chi connectivity index (χ1) is 14.8. The third-order valence-corrected chi connectivity index (χ3v) is 5.29. The van der Waals surface area contributed by atoms with Gasteiger partial charge in [0.15, 0.2) is 5.69 Å². The number of carbonyl (C=O) groups excluding carboxylic acids is 3. The summed E-state index contributed by atoms with van der Waals surface area (Å²) in [4.78, 5) is 39.7. The lowest BCUT2D eigenvalue weighted by molar-refractivity contribution is -0.122. The van der Waals surface area contributed by atoms with Gasteiger partial charge in [-0.2, -0.15) is 5.10 Å². The maximum Gasteiger partial charge on any atom is 0.272 e. The zero-order valence-corrected chi connectivity index (χ0v) is 18.4. The number of fused-ring (bicyclic) bond motifs is 1. The molecule has 166 valence electrons. The van der Waals surface area contributed by atoms with Crippen LogP contribution in [-0.2, 0) is 17.9 Å². The molecule has 1 aromatic heterocycles. The van der Waals surface area contributed by atoms with Crippen molar-refractivity contribution in [1.29, 1.82) is 0 Å². The van der Waals surface area contributed by atoms with Crippen LogP contribution in [-0.4, -0.2) is 51.5 Å². The minimum atomic E-state index is -0.688. The van der Waals surface area contributed by atoms with Gasteiger partial charge in [0.1, 0.15) is 11.7 Å². The second-order valence-corrected chi connectivity index (χ2v) is 8.37. The number of carbonyl (C=O) groups is 3. The highest BCUT2D eigenvalue weighted by molar-refractivity contribution is 5.99. The summed E-state index contributed by atoms with van der Waals surface area (Å²) in [5.74, 6) is -0.355. The average Bonchev–Trinajstić information content (AvgIpc) is 3.11. The van der Waals surface area contributed by atoms with E-state index in [4.69, 9.17) is 0 Å². The van der Waals surface area contributed by atoms with Crippen LogP contribution < -0.4 is 10.6 Å². The SMILES string of the molecule is CC(C)CCNC(=O)[C@H](C)NC(=O)c1cc2n(n1)CCCN(Cc1ccccc1)C2=O. The normalized spacial score (nSPS) is 14.7. The molecule has 1 aliphatic rings. The van der Waals surface area contributed by atoms with Gasteiger partial charge in [-0.3, -0.25) is 19.1 Å². The van der Waals surface area contributed by atoms with Crippen LogP contribution in [0.25, 0.3) is 0 Å². The first kappa shape index (κ1) is 22.5. The van der Waals surface area contributed by atoms with E-state index in [9.17, 15) is 14.4 Å². The summed E-state index contributed by atoms with van der Waals surface area (Å²) in [6, 6.07) is 10.6. The molecular formula is C23H31N5O3. The maximum absolute atomic E-state index is 13.0. The zero-order valence-electron chi connectivity index (χ0n) is 18.4. The van der Waals surface area contributed by atoms with E-state index in [0.29, 0.717) is 37.8 Å². The molecule has 0 radical (unpaired) electrons. The topological polar surface area (TPSA) is 96.3 Å². The summed E-state index contributed by atoms with van der Waals surface area (Å²) < 4.78 is 1.59. The van der Waals surface area contributed by atoms with E-state index in [1.54, 1.807) is 16.5 Å². The van der Waals surface area contributed by atoms with Crippen LogP contribution in [0.2, 0.25) is 0 Å². The molecule has 3 rings (SSSR count). The van der Waals surface area contributed by atoms with E-state index in [1.807, 2.05) is 30.3 Å². The Morgan fingerprint density at radius 1 is 1.13 bits per heavy atom. The number of amides is 3. The molecule has 0 unspecified atom stereocenters. The lowest BCUT2D eigenvalue weighted by Crippen LogP contribution is -2.45. The van der Waals surface area contributed by atoms with Gasteiger partial charge in [-0.25, -0.2) is 0 Å². The predicted molar refractivity (Wildman–Crippen MR) is 117 cm³/mol. The number of hydrogen-bond acceptors (Lipinski definition) is 4. The molecule has 3 amide bonds. The first-order valence-electron chi connectivity index (χ1n) is 10.8. The fraction of sp³-hybridized carbons (Fsp3) is 0.478. The lowest BCUT2D eigenvalue weighted by Gasteiger charge is -2.20. The van der Waals surface area contributed by atoms with Crippen molar-refractivity contribution < 1.29 is 14.4 Å². The van der Waals surface area contributed by atoms with Crippen molar-refractivity contribution in [2.24, 2.45) is 5.92 Å². The summed E-state index contributed by atoms with van der Waals surface area (Å²) in [7, 11) is 0. The molecule has 0 fully saturated rings. The first-order valence-corrected chi connectivity index (χ1v) is 10.8. The number of rotatable bonds is 8. The highest BCUT2D eigenvalue weighted by atomic mass is 16.2. The molecule has 1 atom stereocenters. The Hall–Kier alpha value is -3.16. The molecule has 2 aromatic rings. The minimum Gasteiger partial charge on any atom is -0.354 e. The van der Waals surface area contributed by atoms with E-state index >= 15 is 0 Å². The Morgan fingerprint density at radius 2 is 1.87 bits per heavy atom. The van der Waals surface area contributed by atoms with Crippen molar-refractivity contribution in [3.8, 4) is 0 Å². The fourth-order valence-electron chi connectivity index (χ4n) is 3.47. The van der Waals surface area contributed by atoms with Crippen LogP contribution >= 0.6 is 0 Å². The number of benzene rings is 1. The zero-order chi connectivity index (χ0) is 22.4. The van der Waals surface area contributed by atoms with Gasteiger partial charge in [0.05, 0.1) is 0 Å². The molecule has 0 aliphatic carbocycles. The van der Waals surface area contributed by atoms with Gasteiger partial charge >= 0.3 is 0 Å². The molecule has 0 bridgehead atoms. The fourth-order valence-corrected chi connectivity index (χ4v) is 3.47. The molecule has 31 heavy (non-hydrogen) atoms. The van der Waals surface area contributed by atoms with Gasteiger partial charge in [-0.15, -0.1) is 0 Å². The van der Waals surface area contributed by atoms with Gasteiger partial charge in [0.25, 0.3) is 11.8 Å². The highest BCUT2D eigenvalue weighted by Gasteiger charge is 2.27. The molecule has 8 nitrogen and oxygen atoms in total. The maximum atomic E-state index is 13.0. The Balaban J connectivity index is 1.64. The average molecular weight is 426 g/mol. The number of nitrogens with one attached hydrogen (secondary N) is 2. The largest absolute Gasteiger partial charge is 0.354 e. The standard InChI is InChI=1S/C23H31N5O3/c1-16(2)10-11-24-21(29)17(3)25-22(30)19-14-20-23(31)27(12-7-13-28(20)26-19)15-18-8-5-4-6-9-18/h4-6,8-9,14,16-17H,7,10-13,15H2,1-3H3,(H,24,29)(H,25,30)/t17-/m0/s1. The molecular weight excluding hydrogens is 394 g/mol. The minimum absolute atomic E-state index is 0.145. The van der Waals surface area contributed by atoms with Gasteiger partial charge in [0, 0.05) is 32.2 Å². The molecule has 0 spiro atoms. The summed E-state index contributed by atoms with van der Waals surface area (Å²) >= 11 is 0. The Bertz CT molecular complexity index is 923. The van der Waals surface area contributed by atoms with Crippen molar-refractivity contribution in [3.05, 3.63) is 53.3 Å². The molecule has 1 aromatic carbocycles. The Kier molecular flexibility index (Phi) is 7.44. The summed E-state index contributed by atoms with van der Waals surface area (Å²) in [6.45, 7) is 8.08. The van der Waals surface area contributed by atoms with Crippen molar-refractivity contribution in [3.63, 3.8) is 0 Å². The third kappa shape index (κ3) is 5.93. The van der Waals surface area contributed by atoms with E-state index in [1.165, 1.54) is 6.07 Å². The van der Waals surface area contributed by atoms with E-state index in [-0.39, 0.29) is 17.5 Å². The summed E-state index contributed by atoms with van der Waals surface area (Å²) in [6.07, 6.45) is 1.63. The molecule has 8 heteroatoms. The number of nitrogens with zero attached hydrogens (tertiary/aromatic N) is 3. The quantitative estimate of drug-likeness (QED) is 0.678. The van der Waals surface area contributed by atoms with E-state index < -0.39 is 11.9 Å². The van der Waals surface area contributed by atoms with Crippen LogP contribution in [0.15, 0.2) is 36.4 Å². The summed E-state index contributed by atoms with van der Waals surface area (Å²) in [5.41, 5.74) is 1.60. The monoisotopic (exact) mass is 425 g/mol. The smallest absolute Gasteiger partial charge is 0.272 e. The Morgan fingerprint density at radius 3 is 2.58 bits per heavy atom. The van der Waals surface area contributed by atoms with Crippen LogP contribution in [0.3, 0.4) is 0 Å². The third-order valence-electron chi connectivity index (χ3n) is 5.29. The van der Waals surface area contributed by atoms with E-state index in [0.717, 1.165) is 18.4 Å². The lowest BCUT2D eigenvalue weighted by atomic mass is 10.1. The van der Waals surface area contributed by atoms with Crippen molar-refractivity contribution in [2.45, 2.75) is 52.7 Å². The molecule has 2 N–H and O–H groups in total. The number of aryl methyl sites for hydroxylation is 1. The number of aromatic nitrogens is 2. The van der Waals surface area contributed by atoms with E-state index in [2.05, 4.69) is 29.6 Å². The second kappa shape index (κ2) is 10.2. The Labute approximate surface area is 183 Å². The van der Waals surface area contributed by atoms with Crippen LogP contribution in [0.1, 0.15) is 60.2 Å². The molecule has 0 saturated heterocycles. The van der Waals surface area contributed by atoms with Gasteiger partial charge < -0.3 is 15.5 Å². The summed E-state index contributed by atoms with van der Waals surface area (Å²) in [5, 5.41) is 9.82. The highest BCUT2D eigenvalue weighted by Crippen LogP contribution is 2.16. The van der Waals surface area contributed by atoms with Crippen molar-refractivity contribution in [1.82, 2.24) is 25.3 Å². The van der Waals surface area contributed by atoms with Crippen LogP contribution in [0.5, 0.6) is 0 Å². The van der Waals surface area contributed by atoms with Gasteiger partial charge in [0.2, 0.25) is 5.91 Å². The van der Waals surface area contributed by atoms with Gasteiger partial charge in [-0.1, -0.05) is 44.2 Å². The van der Waals surface area contributed by atoms with Crippen molar-refractivity contribution in [2.75, 3.05) is 13.1 Å². The molecule has 2 heterocycles. The van der Waals surface area contributed by atoms with Gasteiger partial charge in [-0.05, 0) is 31.2 Å². The predicted octanol–water partition coefficient (Wildman–Crippen LogP) is 2.21. The molecule has 1 aliphatic heterocycles. The molecule has 0 saturated carbocycles. The van der Waals surface area contributed by atoms with Crippen molar-refractivity contribution >= 4 is 17.7 Å². The van der Waals surface area contributed by atoms with Crippen LogP contribution in [0.4, 0.5) is 0 Å².